The van der Waals surface area contributed by atoms with Gasteiger partial charge in [-0.25, -0.2) is 4.98 Å². The molecular weight excluding hydrogens is 329 g/mol. The molecule has 0 saturated carbocycles. The van der Waals surface area contributed by atoms with Crippen LogP contribution >= 0.6 is 36.2 Å². The fourth-order valence-electron chi connectivity index (χ4n) is 1.68. The van der Waals surface area contributed by atoms with Gasteiger partial charge in [-0.2, -0.15) is 0 Å². The number of halogens is 2. The van der Waals surface area contributed by atoms with Crippen molar-refractivity contribution in [3.05, 3.63) is 46.4 Å². The van der Waals surface area contributed by atoms with E-state index in [9.17, 15) is 4.79 Å². The largest absolute Gasteiger partial charge is 0.376 e. The van der Waals surface area contributed by atoms with Crippen molar-refractivity contribution in [2.24, 2.45) is 0 Å². The molecule has 0 fully saturated rings. The predicted molar refractivity (Wildman–Crippen MR) is 92.8 cm³/mol. The summed E-state index contributed by atoms with van der Waals surface area (Å²) < 4.78 is 0. The number of hydrogen-bond donors (Lipinski definition) is 1. The van der Waals surface area contributed by atoms with E-state index in [2.05, 4.69) is 10.3 Å². The van der Waals surface area contributed by atoms with Crippen LogP contribution in [0.1, 0.15) is 10.7 Å². The minimum atomic E-state index is 0. The Balaban J connectivity index is 0.00000200. The zero-order valence-electron chi connectivity index (χ0n) is 11.9. The van der Waals surface area contributed by atoms with Gasteiger partial charge in [0.15, 0.2) is 0 Å². The number of carbonyl (C=O) groups is 1. The molecule has 0 aliphatic heterocycles. The van der Waals surface area contributed by atoms with Gasteiger partial charge in [0.25, 0.3) is 0 Å². The lowest BCUT2D eigenvalue weighted by atomic mass is 10.3. The molecule has 0 bridgehead atoms. The van der Waals surface area contributed by atoms with Gasteiger partial charge in [-0.05, 0) is 19.1 Å². The standard InChI is InChI=1S/C14H17N3OS.2ClH/c1-11-16-13(10-19-11)9-17(2)14(18)8-15-12-6-4-3-5-7-12;;/h3-7,10,15H,8-9H2,1-2H3;2*1H. The van der Waals surface area contributed by atoms with E-state index in [0.29, 0.717) is 13.1 Å². The molecule has 21 heavy (non-hydrogen) atoms. The predicted octanol–water partition coefficient (Wildman–Crippen LogP) is 3.37. The van der Waals surface area contributed by atoms with E-state index in [-0.39, 0.29) is 30.7 Å². The lowest BCUT2D eigenvalue weighted by molar-refractivity contribution is -0.128. The molecule has 2 aromatic rings. The van der Waals surface area contributed by atoms with Gasteiger partial charge in [-0.1, -0.05) is 18.2 Å². The molecule has 1 amide bonds. The summed E-state index contributed by atoms with van der Waals surface area (Å²) in [6.45, 7) is 2.82. The van der Waals surface area contributed by atoms with E-state index >= 15 is 0 Å². The Bertz CT molecular complexity index is 548. The molecule has 0 aliphatic rings. The van der Waals surface area contributed by atoms with Gasteiger partial charge < -0.3 is 10.2 Å². The van der Waals surface area contributed by atoms with Crippen molar-refractivity contribution in [3.63, 3.8) is 0 Å². The summed E-state index contributed by atoms with van der Waals surface area (Å²) >= 11 is 1.60. The van der Waals surface area contributed by atoms with Crippen LogP contribution in [-0.2, 0) is 11.3 Å². The first-order chi connectivity index (χ1) is 9.15. The Kier molecular flexibility index (Phi) is 9.01. The number of likely N-dealkylation sites (N-methyl/N-ethyl adjacent to an activating group) is 1. The van der Waals surface area contributed by atoms with Crippen molar-refractivity contribution in [1.29, 1.82) is 0 Å². The SMILES string of the molecule is Cc1nc(CN(C)C(=O)CNc2ccccc2)cs1.Cl.Cl. The number of aryl methyl sites for hydroxylation is 1. The number of hydrogen-bond acceptors (Lipinski definition) is 4. The second-order valence-corrected chi connectivity index (χ2v) is 5.39. The lowest BCUT2D eigenvalue weighted by Crippen LogP contribution is -2.31. The van der Waals surface area contributed by atoms with E-state index in [0.717, 1.165) is 16.4 Å². The normalized spacial score (nSPS) is 9.24. The Morgan fingerprint density at radius 1 is 1.29 bits per heavy atom. The number of amides is 1. The highest BCUT2D eigenvalue weighted by atomic mass is 35.5. The monoisotopic (exact) mass is 347 g/mol. The van der Waals surface area contributed by atoms with E-state index < -0.39 is 0 Å². The lowest BCUT2D eigenvalue weighted by Gasteiger charge is -2.16. The number of rotatable bonds is 5. The highest BCUT2D eigenvalue weighted by Gasteiger charge is 2.10. The second kappa shape index (κ2) is 9.60. The zero-order valence-corrected chi connectivity index (χ0v) is 14.4. The topological polar surface area (TPSA) is 45.2 Å². The van der Waals surface area contributed by atoms with Crippen LogP contribution in [0.2, 0.25) is 0 Å². The fourth-order valence-corrected chi connectivity index (χ4v) is 2.28. The summed E-state index contributed by atoms with van der Waals surface area (Å²) in [5.41, 5.74) is 1.90. The summed E-state index contributed by atoms with van der Waals surface area (Å²) in [5, 5.41) is 6.12. The minimum absolute atomic E-state index is 0. The Morgan fingerprint density at radius 3 is 2.52 bits per heavy atom. The maximum Gasteiger partial charge on any atom is 0.241 e. The first kappa shape index (κ1) is 19.7. The van der Waals surface area contributed by atoms with Gasteiger partial charge in [-0.15, -0.1) is 36.2 Å². The molecule has 1 heterocycles. The van der Waals surface area contributed by atoms with Crippen LogP contribution in [-0.4, -0.2) is 29.4 Å². The van der Waals surface area contributed by atoms with E-state index in [1.807, 2.05) is 42.6 Å². The van der Waals surface area contributed by atoms with Crippen LogP contribution in [0, 0.1) is 6.92 Å². The zero-order chi connectivity index (χ0) is 13.7. The number of anilines is 1. The number of nitrogens with zero attached hydrogens (tertiary/aromatic N) is 2. The molecular formula is C14H19Cl2N3OS. The van der Waals surface area contributed by atoms with Crippen molar-refractivity contribution in [2.75, 3.05) is 18.9 Å². The Morgan fingerprint density at radius 2 is 1.95 bits per heavy atom. The third kappa shape index (κ3) is 6.33. The second-order valence-electron chi connectivity index (χ2n) is 4.33. The molecule has 0 aliphatic carbocycles. The van der Waals surface area contributed by atoms with Gasteiger partial charge in [0.05, 0.1) is 23.8 Å². The van der Waals surface area contributed by atoms with Crippen molar-refractivity contribution in [3.8, 4) is 0 Å². The van der Waals surface area contributed by atoms with Crippen LogP contribution < -0.4 is 5.32 Å². The first-order valence-electron chi connectivity index (χ1n) is 6.09. The van der Waals surface area contributed by atoms with Crippen molar-refractivity contribution in [2.45, 2.75) is 13.5 Å². The molecule has 4 nitrogen and oxygen atoms in total. The number of para-hydroxylation sites is 1. The molecule has 2 rings (SSSR count). The van der Waals surface area contributed by atoms with Crippen LogP contribution in [0.4, 0.5) is 5.69 Å². The molecule has 0 saturated heterocycles. The van der Waals surface area contributed by atoms with Crippen molar-refractivity contribution < 1.29 is 4.79 Å². The number of nitrogens with one attached hydrogen (secondary N) is 1. The smallest absolute Gasteiger partial charge is 0.241 e. The highest BCUT2D eigenvalue weighted by Crippen LogP contribution is 2.10. The molecule has 0 radical (unpaired) electrons. The number of aromatic nitrogens is 1. The Hall–Kier alpha value is -1.30. The Labute approximate surface area is 141 Å². The summed E-state index contributed by atoms with van der Waals surface area (Å²) in [6, 6.07) is 9.71. The minimum Gasteiger partial charge on any atom is -0.376 e. The average Bonchev–Trinajstić information content (AvgIpc) is 2.82. The summed E-state index contributed by atoms with van der Waals surface area (Å²) in [4.78, 5) is 18.0. The quantitative estimate of drug-likeness (QED) is 0.901. The van der Waals surface area contributed by atoms with Crippen LogP contribution in [0.25, 0.3) is 0 Å². The fraction of sp³-hybridized carbons (Fsp3) is 0.286. The third-order valence-corrected chi connectivity index (χ3v) is 3.53. The number of thiazole rings is 1. The molecule has 0 spiro atoms. The molecule has 116 valence electrons. The third-order valence-electron chi connectivity index (χ3n) is 2.71. The van der Waals surface area contributed by atoms with Crippen molar-refractivity contribution >= 4 is 47.7 Å². The van der Waals surface area contributed by atoms with Crippen LogP contribution in [0.5, 0.6) is 0 Å². The highest BCUT2D eigenvalue weighted by molar-refractivity contribution is 7.09. The molecule has 0 atom stereocenters. The summed E-state index contributed by atoms with van der Waals surface area (Å²) in [7, 11) is 1.80. The van der Waals surface area contributed by atoms with E-state index in [1.54, 1.807) is 23.3 Å². The van der Waals surface area contributed by atoms with Crippen molar-refractivity contribution in [1.82, 2.24) is 9.88 Å². The molecule has 1 aromatic carbocycles. The molecule has 1 aromatic heterocycles. The average molecular weight is 348 g/mol. The van der Waals surface area contributed by atoms with Gasteiger partial charge in [-0.3, -0.25) is 4.79 Å². The summed E-state index contributed by atoms with van der Waals surface area (Å²) in [6.07, 6.45) is 0. The van der Waals surface area contributed by atoms with Crippen LogP contribution in [0.15, 0.2) is 35.7 Å². The van der Waals surface area contributed by atoms with E-state index in [1.165, 1.54) is 0 Å². The maximum atomic E-state index is 12.0. The number of benzene rings is 1. The molecule has 7 heteroatoms. The van der Waals surface area contributed by atoms with Gasteiger partial charge in [0, 0.05) is 18.1 Å². The maximum absolute atomic E-state index is 12.0. The van der Waals surface area contributed by atoms with Gasteiger partial charge in [0.1, 0.15) is 0 Å². The van der Waals surface area contributed by atoms with E-state index in [4.69, 9.17) is 0 Å². The first-order valence-corrected chi connectivity index (χ1v) is 6.97. The molecule has 0 unspecified atom stereocenters. The molecule has 1 N–H and O–H groups in total. The van der Waals surface area contributed by atoms with Gasteiger partial charge >= 0.3 is 0 Å². The van der Waals surface area contributed by atoms with Gasteiger partial charge in [0.2, 0.25) is 5.91 Å². The summed E-state index contributed by atoms with van der Waals surface area (Å²) in [5.74, 6) is 0.0505. The number of carbonyl (C=O) groups excluding carboxylic acids is 1. The van der Waals surface area contributed by atoms with Crippen LogP contribution in [0.3, 0.4) is 0 Å².